The van der Waals surface area contributed by atoms with E-state index in [1.165, 1.54) is 38.5 Å². The van der Waals surface area contributed by atoms with Crippen LogP contribution in [0.15, 0.2) is 19.0 Å². The summed E-state index contributed by atoms with van der Waals surface area (Å²) in [6.07, 6.45) is 14.7. The Kier molecular flexibility index (Phi) is 5.83. The predicted molar refractivity (Wildman–Crippen MR) is 65.7 cm³/mol. The highest BCUT2D eigenvalue weighted by molar-refractivity contribution is 5.19. The van der Waals surface area contributed by atoms with Gasteiger partial charge in [-0.1, -0.05) is 45.6 Å². The molecule has 0 radical (unpaired) electrons. The van der Waals surface area contributed by atoms with E-state index in [-0.39, 0.29) is 0 Å². The molecular formula is C13H22N2. The molecule has 0 aliphatic carbocycles. The summed E-state index contributed by atoms with van der Waals surface area (Å²) in [5.74, 6) is 1.14. The highest BCUT2D eigenvalue weighted by Crippen LogP contribution is 2.08. The van der Waals surface area contributed by atoms with Gasteiger partial charge in [-0.25, -0.2) is 4.98 Å². The fraction of sp³-hybridized carbons (Fsp3) is 0.615. The molecule has 1 heterocycles. The molecule has 0 saturated heterocycles. The van der Waals surface area contributed by atoms with E-state index >= 15 is 0 Å². The molecule has 1 aromatic rings. The SMILES string of the molecule is C=Cn1ccnc1CCCCCCCC. The average Bonchev–Trinajstić information content (AvgIpc) is 2.70. The van der Waals surface area contributed by atoms with Crippen molar-refractivity contribution in [2.75, 3.05) is 0 Å². The number of imidazole rings is 1. The van der Waals surface area contributed by atoms with Crippen LogP contribution in [0.2, 0.25) is 0 Å². The van der Waals surface area contributed by atoms with Crippen LogP contribution in [0.25, 0.3) is 6.20 Å². The zero-order chi connectivity index (χ0) is 10.9. The molecule has 0 aliphatic heterocycles. The van der Waals surface area contributed by atoms with E-state index in [9.17, 15) is 0 Å². The monoisotopic (exact) mass is 206 g/mol. The molecule has 0 atom stereocenters. The molecule has 2 heteroatoms. The van der Waals surface area contributed by atoms with Gasteiger partial charge in [-0.05, 0) is 6.42 Å². The molecule has 0 fully saturated rings. The maximum Gasteiger partial charge on any atom is 0.112 e. The number of hydrogen-bond acceptors (Lipinski definition) is 1. The summed E-state index contributed by atoms with van der Waals surface area (Å²) in [5.41, 5.74) is 0. The number of nitrogens with zero attached hydrogens (tertiary/aromatic N) is 2. The Bertz CT molecular complexity index is 276. The number of unbranched alkanes of at least 4 members (excludes halogenated alkanes) is 5. The van der Waals surface area contributed by atoms with Gasteiger partial charge in [0.2, 0.25) is 0 Å². The molecule has 0 amide bonds. The van der Waals surface area contributed by atoms with E-state index in [1.807, 2.05) is 23.2 Å². The van der Waals surface area contributed by atoms with Gasteiger partial charge in [-0.15, -0.1) is 0 Å². The normalized spacial score (nSPS) is 10.5. The number of aromatic nitrogens is 2. The van der Waals surface area contributed by atoms with E-state index in [0.29, 0.717) is 0 Å². The van der Waals surface area contributed by atoms with Crippen molar-refractivity contribution in [1.82, 2.24) is 9.55 Å². The number of aryl methyl sites for hydroxylation is 1. The zero-order valence-corrected chi connectivity index (χ0v) is 9.78. The average molecular weight is 206 g/mol. The van der Waals surface area contributed by atoms with Crippen LogP contribution in [0.3, 0.4) is 0 Å². The summed E-state index contributed by atoms with van der Waals surface area (Å²) in [6, 6.07) is 0. The van der Waals surface area contributed by atoms with Crippen LogP contribution in [0, 0.1) is 0 Å². The topological polar surface area (TPSA) is 17.8 Å². The van der Waals surface area contributed by atoms with Crippen molar-refractivity contribution in [3.63, 3.8) is 0 Å². The van der Waals surface area contributed by atoms with Crippen molar-refractivity contribution in [3.8, 4) is 0 Å². The summed E-state index contributed by atoms with van der Waals surface area (Å²) < 4.78 is 2.01. The Labute approximate surface area is 93.0 Å². The van der Waals surface area contributed by atoms with Gasteiger partial charge in [0.1, 0.15) is 5.82 Å². The van der Waals surface area contributed by atoms with Crippen molar-refractivity contribution in [2.45, 2.75) is 51.9 Å². The molecule has 0 spiro atoms. The standard InChI is InChI=1S/C13H22N2/c1-3-5-6-7-8-9-10-13-14-11-12-15(13)4-2/h4,11-12H,2-3,5-10H2,1H3. The first-order valence-electron chi connectivity index (χ1n) is 6.02. The Morgan fingerprint density at radius 2 is 2.00 bits per heavy atom. The Hall–Kier alpha value is -1.05. The van der Waals surface area contributed by atoms with Gasteiger partial charge in [-0.3, -0.25) is 0 Å². The molecule has 2 nitrogen and oxygen atoms in total. The van der Waals surface area contributed by atoms with Crippen molar-refractivity contribution < 1.29 is 0 Å². The second-order valence-corrected chi connectivity index (χ2v) is 3.95. The smallest absolute Gasteiger partial charge is 0.112 e. The van der Waals surface area contributed by atoms with Crippen LogP contribution < -0.4 is 0 Å². The lowest BCUT2D eigenvalue weighted by Gasteiger charge is -2.02. The van der Waals surface area contributed by atoms with E-state index in [0.717, 1.165) is 12.2 Å². The third-order valence-corrected chi connectivity index (χ3v) is 2.70. The molecule has 15 heavy (non-hydrogen) atoms. The van der Waals surface area contributed by atoms with Crippen LogP contribution in [-0.2, 0) is 6.42 Å². The van der Waals surface area contributed by atoms with Crippen LogP contribution in [0.1, 0.15) is 51.3 Å². The van der Waals surface area contributed by atoms with E-state index < -0.39 is 0 Å². The number of hydrogen-bond donors (Lipinski definition) is 0. The predicted octanol–water partition coefficient (Wildman–Crippen LogP) is 3.89. The van der Waals surface area contributed by atoms with Gasteiger partial charge >= 0.3 is 0 Å². The summed E-state index contributed by atoms with van der Waals surface area (Å²) in [5, 5.41) is 0. The lowest BCUT2D eigenvalue weighted by Crippen LogP contribution is -1.95. The Morgan fingerprint density at radius 1 is 1.27 bits per heavy atom. The maximum atomic E-state index is 4.31. The van der Waals surface area contributed by atoms with E-state index in [1.54, 1.807) is 0 Å². The molecular weight excluding hydrogens is 184 g/mol. The summed E-state index contributed by atoms with van der Waals surface area (Å²) in [7, 11) is 0. The van der Waals surface area contributed by atoms with Crippen LogP contribution in [0.5, 0.6) is 0 Å². The Morgan fingerprint density at radius 3 is 2.73 bits per heavy atom. The van der Waals surface area contributed by atoms with E-state index in [4.69, 9.17) is 0 Å². The van der Waals surface area contributed by atoms with E-state index in [2.05, 4.69) is 18.5 Å². The number of rotatable bonds is 8. The van der Waals surface area contributed by atoms with Crippen LogP contribution in [0.4, 0.5) is 0 Å². The lowest BCUT2D eigenvalue weighted by atomic mass is 10.1. The third-order valence-electron chi connectivity index (χ3n) is 2.70. The van der Waals surface area contributed by atoms with Crippen molar-refractivity contribution in [2.24, 2.45) is 0 Å². The summed E-state index contributed by atoms with van der Waals surface area (Å²) in [6.45, 7) is 6.01. The van der Waals surface area contributed by atoms with Gasteiger partial charge in [0, 0.05) is 25.0 Å². The molecule has 0 unspecified atom stereocenters. The fourth-order valence-corrected chi connectivity index (χ4v) is 1.77. The largest absolute Gasteiger partial charge is 0.311 e. The van der Waals surface area contributed by atoms with Crippen molar-refractivity contribution in [1.29, 1.82) is 0 Å². The molecule has 84 valence electrons. The van der Waals surface area contributed by atoms with Gasteiger partial charge in [0.15, 0.2) is 0 Å². The van der Waals surface area contributed by atoms with Crippen LogP contribution >= 0.6 is 0 Å². The van der Waals surface area contributed by atoms with Gasteiger partial charge in [0.25, 0.3) is 0 Å². The van der Waals surface area contributed by atoms with Gasteiger partial charge in [-0.2, -0.15) is 0 Å². The quantitative estimate of drug-likeness (QED) is 0.590. The van der Waals surface area contributed by atoms with Crippen LogP contribution in [-0.4, -0.2) is 9.55 Å². The minimum atomic E-state index is 1.07. The lowest BCUT2D eigenvalue weighted by molar-refractivity contribution is 0.600. The third kappa shape index (κ3) is 4.32. The zero-order valence-electron chi connectivity index (χ0n) is 9.78. The first-order chi connectivity index (χ1) is 7.38. The Balaban J connectivity index is 2.12. The highest BCUT2D eigenvalue weighted by Gasteiger charge is 1.99. The van der Waals surface area contributed by atoms with Gasteiger partial charge in [0.05, 0.1) is 0 Å². The maximum absolute atomic E-state index is 4.31. The van der Waals surface area contributed by atoms with Crippen molar-refractivity contribution >= 4 is 6.20 Å². The highest BCUT2D eigenvalue weighted by atomic mass is 15.0. The molecule has 0 N–H and O–H groups in total. The first-order valence-corrected chi connectivity index (χ1v) is 6.02. The van der Waals surface area contributed by atoms with Crippen molar-refractivity contribution in [3.05, 3.63) is 24.8 Å². The fourth-order valence-electron chi connectivity index (χ4n) is 1.77. The molecule has 0 bridgehead atoms. The molecule has 0 aliphatic rings. The first kappa shape index (κ1) is 12.0. The minimum absolute atomic E-state index is 1.07. The summed E-state index contributed by atoms with van der Waals surface area (Å²) >= 11 is 0. The molecule has 0 aromatic carbocycles. The molecule has 0 saturated carbocycles. The molecule has 1 rings (SSSR count). The second-order valence-electron chi connectivity index (χ2n) is 3.95. The minimum Gasteiger partial charge on any atom is -0.311 e. The van der Waals surface area contributed by atoms with Gasteiger partial charge < -0.3 is 4.57 Å². The molecule has 1 aromatic heterocycles. The second kappa shape index (κ2) is 7.27. The summed E-state index contributed by atoms with van der Waals surface area (Å²) in [4.78, 5) is 4.31.